The zero-order chi connectivity index (χ0) is 39.7. The van der Waals surface area contributed by atoms with Gasteiger partial charge in [-0.1, -0.05) is 23.2 Å². The molecule has 14 nitrogen and oxygen atoms in total. The first-order chi connectivity index (χ1) is 24.5. The average Bonchev–Trinajstić information content (AvgIpc) is 3.04. The number of esters is 2. The molecule has 0 spiro atoms. The molecule has 0 aromatic heterocycles. The molecule has 2 aromatic rings. The Balaban J connectivity index is 1.49. The minimum atomic E-state index is -1.57. The average molecular weight is 782 g/mol. The predicted octanol–water partition coefficient (Wildman–Crippen LogP) is 7.45. The van der Waals surface area contributed by atoms with Gasteiger partial charge in [0.05, 0.1) is 59.1 Å². The van der Waals surface area contributed by atoms with Gasteiger partial charge in [0.15, 0.2) is 0 Å². The zero-order valence-corrected chi connectivity index (χ0v) is 33.7. The highest BCUT2D eigenvalue weighted by atomic mass is 35.5. The second-order valence-electron chi connectivity index (χ2n) is 15.3. The van der Waals surface area contributed by atoms with Crippen LogP contribution in [0.1, 0.15) is 68.7 Å². The molecular weight excluding hydrogens is 731 g/mol. The van der Waals surface area contributed by atoms with E-state index >= 15 is 0 Å². The number of hydrogen-bond donors (Lipinski definition) is 1. The van der Waals surface area contributed by atoms with Crippen LogP contribution in [0.5, 0.6) is 11.5 Å². The molecule has 16 heteroatoms. The molecule has 0 radical (unpaired) electrons. The van der Waals surface area contributed by atoms with Gasteiger partial charge in [-0.05, 0) is 80.9 Å². The van der Waals surface area contributed by atoms with Crippen molar-refractivity contribution >= 4 is 70.1 Å². The lowest BCUT2D eigenvalue weighted by Crippen LogP contribution is -2.57. The van der Waals surface area contributed by atoms with E-state index in [9.17, 15) is 19.2 Å². The Hall–Kier alpha value is -4.30. The van der Waals surface area contributed by atoms with E-state index in [1.54, 1.807) is 101 Å². The van der Waals surface area contributed by atoms with Crippen LogP contribution in [-0.2, 0) is 28.5 Å². The lowest BCUT2D eigenvalue weighted by molar-refractivity contribution is -0.161. The fourth-order valence-corrected chi connectivity index (χ4v) is 6.22. The van der Waals surface area contributed by atoms with Gasteiger partial charge in [0.1, 0.15) is 22.7 Å². The van der Waals surface area contributed by atoms with Crippen molar-refractivity contribution in [3.8, 4) is 11.5 Å². The summed E-state index contributed by atoms with van der Waals surface area (Å²) in [4.78, 5) is 57.7. The monoisotopic (exact) mass is 780 g/mol. The maximum Gasteiger partial charge on any atom is 0.415 e. The predicted molar refractivity (Wildman–Crippen MR) is 203 cm³/mol. The van der Waals surface area contributed by atoms with Crippen molar-refractivity contribution in [1.29, 1.82) is 0 Å². The standard InChI is InChI=1S/C37H50Cl2N4O10/c1-12-48-30(44)36(8)20-43(33(47)53-35(5,6)7)27-17-23(39)25(19-29(27)51-36)41(11)14-13-15-49-31(45)37(9)21-42(32(46)52-34(2,3)4)26-16-22(38)24(40-10)18-28(26)50-37/h16-19,40H,12-15,20-21H2,1-11H3. The largest absolute Gasteiger partial charge is 0.472 e. The third kappa shape index (κ3) is 9.63. The Morgan fingerprint density at radius 1 is 0.811 bits per heavy atom. The Morgan fingerprint density at radius 2 is 1.28 bits per heavy atom. The fourth-order valence-electron chi connectivity index (χ4n) is 5.66. The summed E-state index contributed by atoms with van der Waals surface area (Å²) in [5.74, 6) is -0.828. The summed E-state index contributed by atoms with van der Waals surface area (Å²) in [6, 6.07) is 6.42. The van der Waals surface area contributed by atoms with Crippen molar-refractivity contribution in [1.82, 2.24) is 0 Å². The number of fused-ring (bicyclic) bond motifs is 2. The number of amides is 2. The summed E-state index contributed by atoms with van der Waals surface area (Å²) in [7, 11) is 3.48. The van der Waals surface area contributed by atoms with E-state index in [4.69, 9.17) is 51.6 Å². The Kier molecular flexibility index (Phi) is 12.2. The SMILES string of the molecule is CCOC(=O)C1(C)CN(C(=O)OC(C)(C)C)c2cc(Cl)c(N(C)CCCOC(=O)C3(C)CN(C(=O)OC(C)(C)C)c4cc(Cl)c(NC)cc4O3)cc2O1. The first-order valence-electron chi connectivity index (χ1n) is 17.3. The molecule has 2 aliphatic heterocycles. The van der Waals surface area contributed by atoms with Gasteiger partial charge in [-0.3, -0.25) is 9.80 Å². The normalized spacial score (nSPS) is 19.5. The summed E-state index contributed by atoms with van der Waals surface area (Å²) < 4.78 is 34.6. The van der Waals surface area contributed by atoms with Crippen molar-refractivity contribution < 1.29 is 47.6 Å². The number of ether oxygens (including phenoxy) is 6. The van der Waals surface area contributed by atoms with Gasteiger partial charge in [0.25, 0.3) is 0 Å². The van der Waals surface area contributed by atoms with E-state index in [1.165, 1.54) is 9.80 Å². The number of carbonyl (C=O) groups is 4. The number of halogens is 2. The van der Waals surface area contributed by atoms with Gasteiger partial charge in [-0.25, -0.2) is 19.2 Å². The van der Waals surface area contributed by atoms with Crippen LogP contribution in [0.2, 0.25) is 10.0 Å². The Labute approximate surface area is 320 Å². The van der Waals surface area contributed by atoms with E-state index in [2.05, 4.69) is 5.32 Å². The first kappa shape index (κ1) is 41.5. The third-order valence-corrected chi connectivity index (χ3v) is 8.78. The van der Waals surface area contributed by atoms with Gasteiger partial charge in [-0.15, -0.1) is 0 Å². The van der Waals surface area contributed by atoms with Gasteiger partial charge >= 0.3 is 24.1 Å². The zero-order valence-electron chi connectivity index (χ0n) is 32.2. The van der Waals surface area contributed by atoms with Crippen molar-refractivity contribution in [3.05, 3.63) is 34.3 Å². The molecule has 0 saturated heterocycles. The molecule has 2 heterocycles. The minimum Gasteiger partial charge on any atom is -0.472 e. The summed E-state index contributed by atoms with van der Waals surface area (Å²) in [5, 5.41) is 3.64. The van der Waals surface area contributed by atoms with Crippen molar-refractivity contribution in [2.75, 3.05) is 67.0 Å². The Bertz CT molecular complexity index is 1740. The molecule has 0 saturated carbocycles. The maximum atomic E-state index is 13.6. The first-order valence-corrected chi connectivity index (χ1v) is 18.1. The van der Waals surface area contributed by atoms with E-state index < -0.39 is 46.5 Å². The number of hydrogen-bond acceptors (Lipinski definition) is 12. The van der Waals surface area contributed by atoms with Crippen LogP contribution in [0.15, 0.2) is 24.3 Å². The second-order valence-corrected chi connectivity index (χ2v) is 16.1. The van der Waals surface area contributed by atoms with E-state index in [0.717, 1.165) is 0 Å². The number of nitrogens with zero attached hydrogens (tertiary/aromatic N) is 3. The highest BCUT2D eigenvalue weighted by Crippen LogP contribution is 2.45. The smallest absolute Gasteiger partial charge is 0.415 e. The molecule has 0 fully saturated rings. The highest BCUT2D eigenvalue weighted by molar-refractivity contribution is 6.34. The fraction of sp³-hybridized carbons (Fsp3) is 0.568. The number of rotatable bonds is 9. The number of anilines is 4. The Morgan fingerprint density at radius 3 is 1.75 bits per heavy atom. The van der Waals surface area contributed by atoms with Crippen LogP contribution < -0.4 is 29.5 Å². The quantitative estimate of drug-likeness (QED) is 0.153. The van der Waals surface area contributed by atoms with Gasteiger partial charge in [-0.2, -0.15) is 0 Å². The molecule has 4 rings (SSSR count). The third-order valence-electron chi connectivity index (χ3n) is 8.17. The second kappa shape index (κ2) is 15.6. The number of nitrogens with one attached hydrogen (secondary N) is 1. The molecule has 1 N–H and O–H groups in total. The van der Waals surface area contributed by atoms with Crippen LogP contribution in [0, 0.1) is 0 Å². The molecule has 2 amide bonds. The van der Waals surface area contributed by atoms with E-state index in [0.29, 0.717) is 45.8 Å². The van der Waals surface area contributed by atoms with Crippen LogP contribution in [0.3, 0.4) is 0 Å². The minimum absolute atomic E-state index is 0.0101. The highest BCUT2D eigenvalue weighted by Gasteiger charge is 2.48. The van der Waals surface area contributed by atoms with Crippen LogP contribution >= 0.6 is 23.2 Å². The molecule has 2 aliphatic rings. The van der Waals surface area contributed by atoms with Gasteiger partial charge in [0.2, 0.25) is 11.2 Å². The molecule has 2 aromatic carbocycles. The van der Waals surface area contributed by atoms with Gasteiger partial charge < -0.3 is 38.6 Å². The van der Waals surface area contributed by atoms with E-state index in [1.807, 2.05) is 4.90 Å². The molecule has 2 atom stereocenters. The summed E-state index contributed by atoms with van der Waals surface area (Å²) in [6.45, 7) is 15.4. The van der Waals surface area contributed by atoms with Crippen LogP contribution in [0.25, 0.3) is 0 Å². The summed E-state index contributed by atoms with van der Waals surface area (Å²) in [6.07, 6.45) is -0.960. The van der Waals surface area contributed by atoms with E-state index in [-0.39, 0.29) is 37.8 Å². The molecule has 53 heavy (non-hydrogen) atoms. The number of benzene rings is 2. The number of carbonyl (C=O) groups excluding carboxylic acids is 4. The van der Waals surface area contributed by atoms with Crippen LogP contribution in [0.4, 0.5) is 32.3 Å². The lowest BCUT2D eigenvalue weighted by Gasteiger charge is -2.40. The summed E-state index contributed by atoms with van der Waals surface area (Å²) in [5.41, 5.74) is -2.89. The van der Waals surface area contributed by atoms with Crippen LogP contribution in [-0.4, -0.2) is 93.5 Å². The maximum absolute atomic E-state index is 13.6. The summed E-state index contributed by atoms with van der Waals surface area (Å²) >= 11 is 13.2. The molecule has 292 valence electrons. The molecular formula is C37H50Cl2N4O10. The molecule has 0 bridgehead atoms. The van der Waals surface area contributed by atoms with Crippen molar-refractivity contribution in [3.63, 3.8) is 0 Å². The van der Waals surface area contributed by atoms with Crippen molar-refractivity contribution in [2.45, 2.75) is 91.1 Å². The van der Waals surface area contributed by atoms with Crippen molar-refractivity contribution in [2.24, 2.45) is 0 Å². The van der Waals surface area contributed by atoms with Gasteiger partial charge in [0, 0.05) is 32.8 Å². The topological polar surface area (TPSA) is 145 Å². The molecule has 2 unspecified atom stereocenters. The molecule has 0 aliphatic carbocycles. The lowest BCUT2D eigenvalue weighted by atomic mass is 10.0.